The minimum Gasteiger partial charge on any atom is -0.388 e. The Bertz CT molecular complexity index is 706. The van der Waals surface area contributed by atoms with E-state index in [-0.39, 0.29) is 11.7 Å². The molecule has 0 radical (unpaired) electrons. The topological polar surface area (TPSA) is 45.5 Å². The summed E-state index contributed by atoms with van der Waals surface area (Å²) in [5, 5.41) is 12.0. The van der Waals surface area contributed by atoms with E-state index in [9.17, 15) is 9.90 Å². The molecule has 0 bridgehead atoms. The lowest BCUT2D eigenvalue weighted by Gasteiger charge is -2.42. The number of aryl methyl sites for hydroxylation is 1. The van der Waals surface area contributed by atoms with Crippen LogP contribution in [0.25, 0.3) is 10.9 Å². The molecule has 118 valence electrons. The van der Waals surface area contributed by atoms with Gasteiger partial charge in [0, 0.05) is 24.5 Å². The normalized spacial score (nSPS) is 26.5. The van der Waals surface area contributed by atoms with E-state index in [1.165, 1.54) is 0 Å². The molecule has 2 aromatic rings. The van der Waals surface area contributed by atoms with Gasteiger partial charge >= 0.3 is 0 Å². The molecular formula is C18H24N2O2. The lowest BCUT2D eigenvalue weighted by molar-refractivity contribution is -0.0609. The fourth-order valence-corrected chi connectivity index (χ4v) is 3.71. The third-order valence-corrected chi connectivity index (χ3v) is 5.12. The Morgan fingerprint density at radius 3 is 2.77 bits per heavy atom. The minimum absolute atomic E-state index is 0.0659. The number of β-amino-alcohol motifs (C(OH)–C–C–N with tert-alkyl or cyclic N) is 1. The Morgan fingerprint density at radius 2 is 2.09 bits per heavy atom. The van der Waals surface area contributed by atoms with Crippen LogP contribution in [0.3, 0.4) is 0 Å². The zero-order valence-corrected chi connectivity index (χ0v) is 13.5. The van der Waals surface area contributed by atoms with Gasteiger partial charge in [-0.05, 0) is 38.6 Å². The maximum absolute atomic E-state index is 13.1. The van der Waals surface area contributed by atoms with Crippen LogP contribution in [0.1, 0.15) is 30.3 Å². The molecule has 4 heteroatoms. The molecule has 1 aromatic heterocycles. The predicted molar refractivity (Wildman–Crippen MR) is 88.1 cm³/mol. The molecule has 0 unspecified atom stereocenters. The molecular weight excluding hydrogens is 276 g/mol. The summed E-state index contributed by atoms with van der Waals surface area (Å²) in [4.78, 5) is 15.2. The van der Waals surface area contributed by atoms with E-state index in [2.05, 4.69) is 4.90 Å². The molecule has 3 rings (SSSR count). The maximum Gasteiger partial charge on any atom is 0.185 e. The highest BCUT2D eigenvalue weighted by Crippen LogP contribution is 2.33. The third kappa shape index (κ3) is 2.36. The number of aromatic nitrogens is 1. The second kappa shape index (κ2) is 5.52. The van der Waals surface area contributed by atoms with Gasteiger partial charge in [-0.25, -0.2) is 0 Å². The molecule has 1 aliphatic rings. The Kier molecular flexibility index (Phi) is 3.83. The zero-order chi connectivity index (χ0) is 15.9. The van der Waals surface area contributed by atoms with Crippen LogP contribution < -0.4 is 0 Å². The number of fused-ring (bicyclic) bond motifs is 1. The number of ketones is 1. The van der Waals surface area contributed by atoms with Crippen LogP contribution in [0, 0.1) is 5.92 Å². The summed E-state index contributed by atoms with van der Waals surface area (Å²) in [6, 6.07) is 9.95. The summed E-state index contributed by atoms with van der Waals surface area (Å²) < 4.78 is 1.95. The largest absolute Gasteiger partial charge is 0.388 e. The quantitative estimate of drug-likeness (QED) is 0.886. The van der Waals surface area contributed by atoms with Crippen LogP contribution in [-0.2, 0) is 7.05 Å². The van der Waals surface area contributed by atoms with Gasteiger partial charge < -0.3 is 14.6 Å². The molecule has 0 aliphatic carbocycles. The van der Waals surface area contributed by atoms with Crippen molar-refractivity contribution in [3.05, 3.63) is 36.0 Å². The summed E-state index contributed by atoms with van der Waals surface area (Å²) in [6.45, 7) is 3.37. The van der Waals surface area contributed by atoms with Crippen LogP contribution >= 0.6 is 0 Å². The molecule has 0 spiro atoms. The lowest BCUT2D eigenvalue weighted by Crippen LogP contribution is -2.55. The van der Waals surface area contributed by atoms with E-state index in [1.807, 2.05) is 55.9 Å². The smallest absolute Gasteiger partial charge is 0.185 e. The van der Waals surface area contributed by atoms with E-state index >= 15 is 0 Å². The van der Waals surface area contributed by atoms with Gasteiger partial charge in [-0.2, -0.15) is 0 Å². The van der Waals surface area contributed by atoms with E-state index in [0.29, 0.717) is 25.1 Å². The highest BCUT2D eigenvalue weighted by atomic mass is 16.3. The molecule has 1 aromatic carbocycles. The molecule has 1 saturated heterocycles. The van der Waals surface area contributed by atoms with Crippen LogP contribution in [0.15, 0.2) is 30.3 Å². The van der Waals surface area contributed by atoms with Crippen LogP contribution in [0.5, 0.6) is 0 Å². The molecule has 2 atom stereocenters. The number of rotatable bonds is 3. The summed E-state index contributed by atoms with van der Waals surface area (Å²) in [7, 11) is 3.92. The van der Waals surface area contributed by atoms with Crippen molar-refractivity contribution >= 4 is 16.7 Å². The fraction of sp³-hybridized carbons (Fsp3) is 0.500. The number of hydrogen-bond acceptors (Lipinski definition) is 3. The Labute approximate surface area is 131 Å². The van der Waals surface area contributed by atoms with Gasteiger partial charge in [-0.15, -0.1) is 0 Å². The summed E-state index contributed by atoms with van der Waals surface area (Å²) in [5.74, 6) is -0.257. The maximum atomic E-state index is 13.1. The van der Waals surface area contributed by atoms with Crippen molar-refractivity contribution in [1.82, 2.24) is 9.47 Å². The number of aliphatic hydroxyl groups is 1. The molecule has 0 amide bonds. The second-order valence-corrected chi connectivity index (χ2v) is 6.55. The Hall–Kier alpha value is -1.65. The van der Waals surface area contributed by atoms with E-state index < -0.39 is 5.60 Å². The van der Waals surface area contributed by atoms with Crippen LogP contribution in [0.2, 0.25) is 0 Å². The molecule has 1 fully saturated rings. The first kappa shape index (κ1) is 15.3. The van der Waals surface area contributed by atoms with Crippen LogP contribution in [-0.4, -0.2) is 46.1 Å². The molecule has 4 nitrogen and oxygen atoms in total. The average molecular weight is 300 g/mol. The number of nitrogens with zero attached hydrogens (tertiary/aromatic N) is 2. The third-order valence-electron chi connectivity index (χ3n) is 5.12. The van der Waals surface area contributed by atoms with Crippen molar-refractivity contribution in [2.45, 2.75) is 25.4 Å². The number of likely N-dealkylation sites (tertiary alicyclic amines) is 1. The van der Waals surface area contributed by atoms with E-state index in [1.54, 1.807) is 0 Å². The summed E-state index contributed by atoms with van der Waals surface area (Å²) >= 11 is 0. The average Bonchev–Trinajstić information content (AvgIpc) is 2.84. The van der Waals surface area contributed by atoms with Crippen molar-refractivity contribution in [3.8, 4) is 0 Å². The van der Waals surface area contributed by atoms with Crippen molar-refractivity contribution in [1.29, 1.82) is 0 Å². The first-order chi connectivity index (χ1) is 10.5. The van der Waals surface area contributed by atoms with Gasteiger partial charge in [0.05, 0.1) is 17.2 Å². The standard InChI is InChI=1S/C18H24N2O2/c1-4-18(22)12-19(2)10-9-14(18)17(21)16-11-13-7-5-6-8-15(13)20(16)3/h5-8,11,14,22H,4,9-10,12H2,1-3H3/t14-,18+/m0/s1. The highest BCUT2D eigenvalue weighted by Gasteiger charge is 2.44. The summed E-state index contributed by atoms with van der Waals surface area (Å²) in [6.07, 6.45) is 1.30. The molecule has 0 saturated carbocycles. The van der Waals surface area contributed by atoms with Gasteiger partial charge in [0.25, 0.3) is 0 Å². The minimum atomic E-state index is -0.930. The number of carbonyl (C=O) groups is 1. The van der Waals surface area contributed by atoms with E-state index in [0.717, 1.165) is 17.4 Å². The van der Waals surface area contributed by atoms with Crippen molar-refractivity contribution in [2.24, 2.45) is 13.0 Å². The highest BCUT2D eigenvalue weighted by molar-refractivity contribution is 6.02. The SMILES string of the molecule is CC[C@@]1(O)CN(C)CC[C@H]1C(=O)c1cc2ccccc2n1C. The van der Waals surface area contributed by atoms with Crippen LogP contribution in [0.4, 0.5) is 0 Å². The van der Waals surface area contributed by atoms with Gasteiger partial charge in [-0.1, -0.05) is 25.1 Å². The number of likely N-dealkylation sites (N-methyl/N-ethyl adjacent to an activating group) is 1. The number of para-hydroxylation sites is 1. The summed E-state index contributed by atoms with van der Waals surface area (Å²) in [5.41, 5.74) is 0.821. The molecule has 1 N–H and O–H groups in total. The molecule has 22 heavy (non-hydrogen) atoms. The first-order valence-corrected chi connectivity index (χ1v) is 7.96. The van der Waals surface area contributed by atoms with Gasteiger partial charge in [0.1, 0.15) is 0 Å². The number of hydrogen-bond donors (Lipinski definition) is 1. The number of Topliss-reactive ketones (excluding diaryl/α,β-unsaturated/α-hetero) is 1. The second-order valence-electron chi connectivity index (χ2n) is 6.55. The van der Waals surface area contributed by atoms with Crippen molar-refractivity contribution in [3.63, 3.8) is 0 Å². The number of piperidine rings is 1. The Morgan fingerprint density at radius 1 is 1.36 bits per heavy atom. The van der Waals surface area contributed by atoms with E-state index in [4.69, 9.17) is 0 Å². The Balaban J connectivity index is 2.00. The van der Waals surface area contributed by atoms with Gasteiger partial charge in [0.15, 0.2) is 5.78 Å². The monoisotopic (exact) mass is 300 g/mol. The van der Waals surface area contributed by atoms with Crippen molar-refractivity contribution in [2.75, 3.05) is 20.1 Å². The fourth-order valence-electron chi connectivity index (χ4n) is 3.71. The predicted octanol–water partition coefficient (Wildman–Crippen LogP) is 2.45. The first-order valence-electron chi connectivity index (χ1n) is 7.96. The number of benzene rings is 1. The van der Waals surface area contributed by atoms with Crippen molar-refractivity contribution < 1.29 is 9.90 Å². The van der Waals surface area contributed by atoms with Gasteiger partial charge in [0.2, 0.25) is 0 Å². The number of carbonyl (C=O) groups excluding carboxylic acids is 1. The lowest BCUT2D eigenvalue weighted by atomic mass is 9.76. The molecule has 1 aliphatic heterocycles. The zero-order valence-electron chi connectivity index (χ0n) is 13.5. The molecule has 2 heterocycles. The van der Waals surface area contributed by atoms with Gasteiger partial charge in [-0.3, -0.25) is 4.79 Å².